The number of hydrogen-bond donors (Lipinski definition) is 0. The molecule has 1 heterocycles. The molecule has 0 aliphatic carbocycles. The molecule has 0 bridgehead atoms. The van der Waals surface area contributed by atoms with Crippen molar-refractivity contribution in [1.82, 2.24) is 0 Å². The molecule has 3 nitrogen and oxygen atoms in total. The van der Waals surface area contributed by atoms with Gasteiger partial charge < -0.3 is 4.74 Å². The summed E-state index contributed by atoms with van der Waals surface area (Å²) in [6, 6.07) is 20.2. The number of thioether (sulfide) groups is 1. The second-order valence-electron chi connectivity index (χ2n) is 6.56. The van der Waals surface area contributed by atoms with E-state index in [-0.39, 0.29) is 5.91 Å². The van der Waals surface area contributed by atoms with E-state index in [2.05, 4.69) is 15.9 Å². The van der Waals surface area contributed by atoms with E-state index >= 15 is 0 Å². The largest absolute Gasteiger partial charge is 0.488 e. The summed E-state index contributed by atoms with van der Waals surface area (Å²) in [5.41, 5.74) is 2.46. The highest BCUT2D eigenvalue weighted by atomic mass is 79.9. The van der Waals surface area contributed by atoms with Crippen LogP contribution in [0.2, 0.25) is 10.0 Å². The van der Waals surface area contributed by atoms with Gasteiger partial charge in [0.1, 0.15) is 12.4 Å². The first kappa shape index (κ1) is 22.4. The van der Waals surface area contributed by atoms with Crippen molar-refractivity contribution in [2.75, 3.05) is 4.90 Å². The summed E-state index contributed by atoms with van der Waals surface area (Å²) in [5.74, 6) is 0.526. The summed E-state index contributed by atoms with van der Waals surface area (Å²) < 4.78 is 7.15. The molecule has 1 fully saturated rings. The Bertz CT molecular complexity index is 1200. The summed E-state index contributed by atoms with van der Waals surface area (Å²) in [4.78, 5) is 15.0. The Morgan fingerprint density at radius 1 is 1.06 bits per heavy atom. The number of benzene rings is 3. The van der Waals surface area contributed by atoms with Crippen molar-refractivity contribution in [2.24, 2.45) is 0 Å². The highest BCUT2D eigenvalue weighted by Gasteiger charge is 2.33. The van der Waals surface area contributed by atoms with Gasteiger partial charge >= 0.3 is 0 Å². The molecule has 8 heteroatoms. The SMILES string of the molecule is O=C1/C(=C/c2ccc(OCc3ccccc3Cl)c(Br)c2)SC(=S)N1c1ccc(Cl)cc1. The van der Waals surface area contributed by atoms with Crippen LogP contribution in [0.5, 0.6) is 5.75 Å². The van der Waals surface area contributed by atoms with E-state index in [0.29, 0.717) is 37.3 Å². The third-order valence-electron chi connectivity index (χ3n) is 4.47. The summed E-state index contributed by atoms with van der Waals surface area (Å²) in [6.07, 6.45) is 1.82. The first-order valence-electron chi connectivity index (χ1n) is 9.11. The van der Waals surface area contributed by atoms with E-state index in [0.717, 1.165) is 15.6 Å². The summed E-state index contributed by atoms with van der Waals surface area (Å²) in [6.45, 7) is 0.359. The van der Waals surface area contributed by atoms with Crippen molar-refractivity contribution in [1.29, 1.82) is 0 Å². The van der Waals surface area contributed by atoms with E-state index in [1.165, 1.54) is 16.7 Å². The van der Waals surface area contributed by atoms with Gasteiger partial charge in [-0.2, -0.15) is 0 Å². The van der Waals surface area contributed by atoms with Crippen LogP contribution in [0.15, 0.2) is 76.1 Å². The Kier molecular flexibility index (Phi) is 7.04. The van der Waals surface area contributed by atoms with Crippen LogP contribution in [0.1, 0.15) is 11.1 Å². The van der Waals surface area contributed by atoms with Gasteiger partial charge in [0.2, 0.25) is 0 Å². The number of rotatable bonds is 5. The average Bonchev–Trinajstić information content (AvgIpc) is 3.02. The third kappa shape index (κ3) is 5.16. The van der Waals surface area contributed by atoms with Gasteiger partial charge in [0.05, 0.1) is 15.1 Å². The van der Waals surface area contributed by atoms with E-state index in [4.69, 9.17) is 40.2 Å². The van der Waals surface area contributed by atoms with Gasteiger partial charge in [0, 0.05) is 15.6 Å². The lowest BCUT2D eigenvalue weighted by Crippen LogP contribution is -2.27. The lowest BCUT2D eigenvalue weighted by atomic mass is 10.2. The van der Waals surface area contributed by atoms with Crippen LogP contribution in [0, 0.1) is 0 Å². The lowest BCUT2D eigenvalue weighted by Gasteiger charge is -2.14. The van der Waals surface area contributed by atoms with Gasteiger partial charge in [-0.15, -0.1) is 0 Å². The van der Waals surface area contributed by atoms with Crippen LogP contribution in [0.25, 0.3) is 6.08 Å². The highest BCUT2D eigenvalue weighted by molar-refractivity contribution is 9.10. The van der Waals surface area contributed by atoms with Crippen molar-refractivity contribution in [3.8, 4) is 5.75 Å². The maximum atomic E-state index is 12.9. The minimum absolute atomic E-state index is 0.160. The van der Waals surface area contributed by atoms with Crippen molar-refractivity contribution in [3.63, 3.8) is 0 Å². The molecular formula is C23H14BrCl2NO2S2. The normalized spacial score (nSPS) is 15.1. The Balaban J connectivity index is 1.50. The Morgan fingerprint density at radius 2 is 1.81 bits per heavy atom. The van der Waals surface area contributed by atoms with E-state index in [1.54, 1.807) is 24.3 Å². The van der Waals surface area contributed by atoms with Crippen molar-refractivity contribution in [2.45, 2.75) is 6.61 Å². The van der Waals surface area contributed by atoms with Gasteiger partial charge in [-0.1, -0.05) is 71.4 Å². The fourth-order valence-electron chi connectivity index (χ4n) is 2.93. The Labute approximate surface area is 208 Å². The first-order chi connectivity index (χ1) is 14.9. The van der Waals surface area contributed by atoms with Gasteiger partial charge in [-0.25, -0.2) is 0 Å². The molecule has 0 aromatic heterocycles. The number of carbonyl (C=O) groups excluding carboxylic acids is 1. The van der Waals surface area contributed by atoms with Gasteiger partial charge in [-0.05, 0) is 70.0 Å². The number of halogens is 3. The highest BCUT2D eigenvalue weighted by Crippen LogP contribution is 2.37. The molecule has 0 atom stereocenters. The molecule has 1 aliphatic heterocycles. The number of amides is 1. The monoisotopic (exact) mass is 549 g/mol. The maximum Gasteiger partial charge on any atom is 0.270 e. The predicted octanol–water partition coefficient (Wildman–Crippen LogP) is 7.74. The van der Waals surface area contributed by atoms with Crippen LogP contribution in [-0.2, 0) is 11.4 Å². The van der Waals surface area contributed by atoms with Gasteiger partial charge in [0.15, 0.2) is 4.32 Å². The van der Waals surface area contributed by atoms with E-state index < -0.39 is 0 Å². The number of carbonyl (C=O) groups is 1. The van der Waals surface area contributed by atoms with Crippen molar-refractivity contribution in [3.05, 3.63) is 97.3 Å². The molecule has 1 amide bonds. The predicted molar refractivity (Wildman–Crippen MR) is 137 cm³/mol. The molecule has 0 saturated carbocycles. The van der Waals surface area contributed by atoms with Crippen molar-refractivity contribution < 1.29 is 9.53 Å². The maximum absolute atomic E-state index is 12.9. The standard InChI is InChI=1S/C23H14BrCl2NO2S2/c24-18-11-14(5-10-20(18)29-13-15-3-1-2-4-19(15)26)12-21-22(28)27(23(30)31-21)17-8-6-16(25)7-9-17/h1-12H,13H2/b21-12-. The van der Waals surface area contributed by atoms with Crippen LogP contribution in [0.3, 0.4) is 0 Å². The molecule has 0 spiro atoms. The van der Waals surface area contributed by atoms with Crippen LogP contribution in [0.4, 0.5) is 5.69 Å². The molecule has 1 saturated heterocycles. The number of anilines is 1. The zero-order valence-electron chi connectivity index (χ0n) is 15.8. The molecule has 4 rings (SSSR count). The lowest BCUT2D eigenvalue weighted by molar-refractivity contribution is -0.113. The zero-order chi connectivity index (χ0) is 22.0. The smallest absolute Gasteiger partial charge is 0.270 e. The number of thiocarbonyl (C=S) groups is 1. The third-order valence-corrected chi connectivity index (χ3v) is 7.02. The molecule has 0 radical (unpaired) electrons. The fourth-order valence-corrected chi connectivity index (χ4v) is 5.05. The molecule has 0 N–H and O–H groups in total. The average molecular weight is 551 g/mol. The fraction of sp³-hybridized carbons (Fsp3) is 0.0435. The molecular weight excluding hydrogens is 537 g/mol. The van der Waals surface area contributed by atoms with E-state index in [9.17, 15) is 4.79 Å². The van der Waals surface area contributed by atoms with Crippen LogP contribution < -0.4 is 9.64 Å². The second kappa shape index (κ2) is 9.76. The number of ether oxygens (including phenoxy) is 1. The van der Waals surface area contributed by atoms with Crippen LogP contribution in [-0.4, -0.2) is 10.2 Å². The first-order valence-corrected chi connectivity index (χ1v) is 11.9. The Hall–Kier alpha value is -1.83. The van der Waals surface area contributed by atoms with E-state index in [1.807, 2.05) is 48.5 Å². The van der Waals surface area contributed by atoms with Gasteiger partial charge in [0.25, 0.3) is 5.91 Å². The summed E-state index contributed by atoms with van der Waals surface area (Å²) in [7, 11) is 0. The topological polar surface area (TPSA) is 29.5 Å². The minimum Gasteiger partial charge on any atom is -0.488 e. The molecule has 31 heavy (non-hydrogen) atoms. The molecule has 156 valence electrons. The molecule has 1 aliphatic rings. The van der Waals surface area contributed by atoms with Crippen LogP contribution >= 0.6 is 63.1 Å². The molecule has 0 unspecified atom stereocenters. The molecule has 3 aromatic rings. The second-order valence-corrected chi connectivity index (χ2v) is 9.94. The Morgan fingerprint density at radius 3 is 2.52 bits per heavy atom. The minimum atomic E-state index is -0.160. The molecule has 3 aromatic carbocycles. The van der Waals surface area contributed by atoms with Gasteiger partial charge in [-0.3, -0.25) is 9.69 Å². The number of nitrogens with zero attached hydrogens (tertiary/aromatic N) is 1. The quantitative estimate of drug-likeness (QED) is 0.240. The van der Waals surface area contributed by atoms with Crippen molar-refractivity contribution >= 4 is 85.1 Å². The number of hydrogen-bond acceptors (Lipinski definition) is 4. The zero-order valence-corrected chi connectivity index (χ0v) is 20.6. The summed E-state index contributed by atoms with van der Waals surface area (Å²) in [5, 5.41) is 1.27. The summed E-state index contributed by atoms with van der Waals surface area (Å²) >= 11 is 22.4.